The molecule has 0 saturated carbocycles. The molecule has 0 spiro atoms. The molecule has 2 rings (SSSR count). The molecule has 11 heteroatoms. The molecule has 2 amide bonds. The number of halogens is 3. The first-order chi connectivity index (χ1) is 14.1. The highest BCUT2D eigenvalue weighted by atomic mass is 32.2. The summed E-state index contributed by atoms with van der Waals surface area (Å²) >= 11 is 0. The van der Waals surface area contributed by atoms with Crippen LogP contribution in [-0.2, 0) is 20.2 Å². The molecular formula is C20H21F3N2O5S. The second kappa shape index (κ2) is 8.58. The number of ether oxygens (including phenoxy) is 1. The number of benzene rings is 2. The SMILES string of the molecule is CC(C)(C)c1ccc(OC(F)(F)C(=O)NC(=O)c2ccc(NS(C)(=O)=O)c(F)c2)cc1. The monoisotopic (exact) mass is 458 g/mol. The highest BCUT2D eigenvalue weighted by molar-refractivity contribution is 7.92. The highest BCUT2D eigenvalue weighted by Crippen LogP contribution is 2.27. The number of hydrogen-bond acceptors (Lipinski definition) is 5. The fourth-order valence-corrected chi connectivity index (χ4v) is 2.97. The van der Waals surface area contributed by atoms with Crippen LogP contribution < -0.4 is 14.8 Å². The third-order valence-electron chi connectivity index (χ3n) is 3.98. The van der Waals surface area contributed by atoms with Crippen LogP contribution in [0.4, 0.5) is 18.9 Å². The van der Waals surface area contributed by atoms with E-state index in [2.05, 4.69) is 4.74 Å². The molecule has 0 aliphatic rings. The van der Waals surface area contributed by atoms with Crippen molar-refractivity contribution in [2.24, 2.45) is 0 Å². The second-order valence-electron chi connectivity index (χ2n) is 7.75. The summed E-state index contributed by atoms with van der Waals surface area (Å²) in [6, 6.07) is 8.16. The number of hydrogen-bond donors (Lipinski definition) is 2. The zero-order chi connectivity index (χ0) is 23.6. The molecule has 0 aliphatic carbocycles. The van der Waals surface area contributed by atoms with Crippen LogP contribution in [0.1, 0.15) is 36.7 Å². The highest BCUT2D eigenvalue weighted by Gasteiger charge is 2.43. The molecule has 0 radical (unpaired) electrons. The van der Waals surface area contributed by atoms with E-state index in [9.17, 15) is 31.2 Å². The minimum atomic E-state index is -4.38. The fourth-order valence-electron chi connectivity index (χ4n) is 2.40. The minimum absolute atomic E-state index is 0.216. The summed E-state index contributed by atoms with van der Waals surface area (Å²) in [5, 5.41) is 1.43. The average molecular weight is 458 g/mol. The van der Waals surface area contributed by atoms with Gasteiger partial charge in [0.2, 0.25) is 10.0 Å². The number of rotatable bonds is 6. The summed E-state index contributed by atoms with van der Waals surface area (Å²) in [4.78, 5) is 23.9. The number of anilines is 1. The molecule has 0 atom stereocenters. The number of carbonyl (C=O) groups excluding carboxylic acids is 2. The molecule has 0 heterocycles. The van der Waals surface area contributed by atoms with Crippen LogP contribution >= 0.6 is 0 Å². The van der Waals surface area contributed by atoms with Crippen LogP contribution in [0.2, 0.25) is 0 Å². The van der Waals surface area contributed by atoms with Gasteiger partial charge in [0.1, 0.15) is 11.6 Å². The first kappa shape index (κ1) is 24.2. The molecule has 7 nitrogen and oxygen atoms in total. The second-order valence-corrected chi connectivity index (χ2v) is 9.49. The maximum Gasteiger partial charge on any atom is 0.482 e. The number of amides is 2. The summed E-state index contributed by atoms with van der Waals surface area (Å²) in [5.74, 6) is -4.78. The molecule has 0 unspecified atom stereocenters. The third-order valence-corrected chi connectivity index (χ3v) is 4.58. The minimum Gasteiger partial charge on any atom is -0.425 e. The smallest absolute Gasteiger partial charge is 0.425 e. The van der Waals surface area contributed by atoms with Crippen molar-refractivity contribution < 1.29 is 35.9 Å². The van der Waals surface area contributed by atoms with Gasteiger partial charge in [-0.25, -0.2) is 12.8 Å². The lowest BCUT2D eigenvalue weighted by molar-refractivity contribution is -0.191. The number of alkyl halides is 2. The Hall–Kier alpha value is -3.08. The summed E-state index contributed by atoms with van der Waals surface area (Å²) in [7, 11) is -3.77. The Bertz CT molecular complexity index is 1090. The van der Waals surface area contributed by atoms with Crippen molar-refractivity contribution in [3.63, 3.8) is 0 Å². The molecule has 168 valence electrons. The Morgan fingerprint density at radius 1 is 1.00 bits per heavy atom. The standard InChI is InChI=1S/C20H21F3N2O5S/c1-19(2,3)13-6-8-14(9-7-13)30-20(22,23)18(27)24-17(26)12-5-10-16(15(21)11-12)25-31(4,28)29/h5-11,25H,1-4H3,(H,24,26,27). The lowest BCUT2D eigenvalue weighted by Gasteiger charge is -2.20. The van der Waals surface area contributed by atoms with Crippen LogP contribution in [0.3, 0.4) is 0 Å². The number of carbonyl (C=O) groups is 2. The number of sulfonamides is 1. The largest absolute Gasteiger partial charge is 0.482 e. The van der Waals surface area contributed by atoms with E-state index in [1.165, 1.54) is 17.4 Å². The predicted octanol–water partition coefficient (Wildman–Crippen LogP) is 3.42. The average Bonchev–Trinajstić information content (AvgIpc) is 2.61. The van der Waals surface area contributed by atoms with E-state index in [0.29, 0.717) is 6.07 Å². The molecule has 31 heavy (non-hydrogen) atoms. The van der Waals surface area contributed by atoms with Gasteiger partial charge in [0.05, 0.1) is 11.9 Å². The van der Waals surface area contributed by atoms with Crippen molar-refractivity contribution in [2.45, 2.75) is 32.3 Å². The van der Waals surface area contributed by atoms with Gasteiger partial charge in [0.15, 0.2) is 0 Å². The van der Waals surface area contributed by atoms with Gasteiger partial charge in [-0.3, -0.25) is 19.6 Å². The predicted molar refractivity (Wildman–Crippen MR) is 108 cm³/mol. The van der Waals surface area contributed by atoms with E-state index < -0.39 is 45.0 Å². The maximum atomic E-state index is 14.1. The molecule has 0 fully saturated rings. The van der Waals surface area contributed by atoms with Crippen molar-refractivity contribution in [1.29, 1.82) is 0 Å². The Morgan fingerprint density at radius 2 is 1.58 bits per heavy atom. The molecule has 2 aromatic rings. The van der Waals surface area contributed by atoms with Crippen LogP contribution in [0.15, 0.2) is 42.5 Å². The van der Waals surface area contributed by atoms with Crippen LogP contribution in [0, 0.1) is 5.82 Å². The topological polar surface area (TPSA) is 102 Å². The van der Waals surface area contributed by atoms with Gasteiger partial charge in [-0.05, 0) is 41.3 Å². The van der Waals surface area contributed by atoms with Gasteiger partial charge in [-0.2, -0.15) is 8.78 Å². The molecule has 0 aliphatic heterocycles. The summed E-state index contributed by atoms with van der Waals surface area (Å²) < 4.78 is 70.8. The van der Waals surface area contributed by atoms with Crippen molar-refractivity contribution in [3.8, 4) is 5.75 Å². The fraction of sp³-hybridized carbons (Fsp3) is 0.300. The van der Waals surface area contributed by atoms with Gasteiger partial charge in [-0.15, -0.1) is 0 Å². The molecule has 0 aromatic heterocycles. The first-order valence-corrected chi connectivity index (χ1v) is 10.8. The van der Waals surface area contributed by atoms with Crippen molar-refractivity contribution in [2.75, 3.05) is 11.0 Å². The Labute approximate surface area is 177 Å². The van der Waals surface area contributed by atoms with E-state index >= 15 is 0 Å². The Balaban J connectivity index is 2.09. The molecular weight excluding hydrogens is 437 g/mol. The number of nitrogens with one attached hydrogen (secondary N) is 2. The summed E-state index contributed by atoms with van der Waals surface area (Å²) in [6.07, 6.45) is -3.58. The van der Waals surface area contributed by atoms with E-state index in [1.807, 2.05) is 25.5 Å². The summed E-state index contributed by atoms with van der Waals surface area (Å²) in [5.41, 5.74) is -0.279. The van der Waals surface area contributed by atoms with Gasteiger partial charge < -0.3 is 4.74 Å². The summed E-state index contributed by atoms with van der Waals surface area (Å²) in [6.45, 7) is 5.80. The lowest BCUT2D eigenvalue weighted by atomic mass is 9.87. The third kappa shape index (κ3) is 6.71. The van der Waals surface area contributed by atoms with E-state index in [0.717, 1.165) is 24.0 Å². The van der Waals surface area contributed by atoms with Crippen LogP contribution in [0.5, 0.6) is 5.75 Å². The molecule has 2 aromatic carbocycles. The lowest BCUT2D eigenvalue weighted by Crippen LogP contribution is -2.46. The first-order valence-electron chi connectivity index (χ1n) is 8.89. The number of imide groups is 1. The molecule has 2 N–H and O–H groups in total. The van der Waals surface area contributed by atoms with Gasteiger partial charge in [-0.1, -0.05) is 32.9 Å². The maximum absolute atomic E-state index is 14.1. The molecule has 0 saturated heterocycles. The van der Waals surface area contributed by atoms with Crippen molar-refractivity contribution in [3.05, 3.63) is 59.4 Å². The molecule has 0 bridgehead atoms. The zero-order valence-electron chi connectivity index (χ0n) is 17.1. The Kier molecular flexibility index (Phi) is 6.69. The Morgan fingerprint density at radius 3 is 2.06 bits per heavy atom. The van der Waals surface area contributed by atoms with E-state index in [1.54, 1.807) is 12.1 Å². The van der Waals surface area contributed by atoms with Crippen LogP contribution in [-0.4, -0.2) is 32.6 Å². The normalized spacial score (nSPS) is 12.2. The van der Waals surface area contributed by atoms with E-state index in [4.69, 9.17) is 0 Å². The van der Waals surface area contributed by atoms with Crippen molar-refractivity contribution in [1.82, 2.24) is 5.32 Å². The van der Waals surface area contributed by atoms with Crippen molar-refractivity contribution >= 4 is 27.5 Å². The van der Waals surface area contributed by atoms with Gasteiger partial charge in [0.25, 0.3) is 5.91 Å². The van der Waals surface area contributed by atoms with Crippen LogP contribution in [0.25, 0.3) is 0 Å². The van der Waals surface area contributed by atoms with Gasteiger partial charge in [0, 0.05) is 5.56 Å². The quantitative estimate of drug-likeness (QED) is 0.691. The zero-order valence-corrected chi connectivity index (χ0v) is 17.9. The van der Waals surface area contributed by atoms with E-state index in [-0.39, 0.29) is 11.2 Å². The van der Waals surface area contributed by atoms with Gasteiger partial charge >= 0.3 is 12.0 Å².